The minimum atomic E-state index is -0.469. The second-order valence-corrected chi connectivity index (χ2v) is 3.16. The van der Waals surface area contributed by atoms with Gasteiger partial charge in [-0.25, -0.2) is 4.39 Å². The molecule has 1 unspecified atom stereocenters. The number of hydrogen-bond acceptors (Lipinski definition) is 2. The van der Waals surface area contributed by atoms with Crippen molar-refractivity contribution in [2.24, 2.45) is 5.73 Å². The number of halogens is 2. The van der Waals surface area contributed by atoms with Crippen LogP contribution in [0.25, 0.3) is 0 Å². The molecule has 0 saturated carbocycles. The van der Waals surface area contributed by atoms with E-state index in [0.717, 1.165) is 0 Å². The molecule has 0 fully saturated rings. The van der Waals surface area contributed by atoms with Gasteiger partial charge in [0.05, 0.1) is 12.6 Å². The summed E-state index contributed by atoms with van der Waals surface area (Å²) in [6, 6.07) is 3.83. The van der Waals surface area contributed by atoms with Crippen molar-refractivity contribution in [1.29, 1.82) is 0 Å². The van der Waals surface area contributed by atoms with Gasteiger partial charge in [-0.3, -0.25) is 0 Å². The molecule has 1 aromatic carbocycles. The fourth-order valence-electron chi connectivity index (χ4n) is 1.07. The van der Waals surface area contributed by atoms with Crippen LogP contribution in [0, 0.1) is 5.82 Å². The first-order chi connectivity index (χ1) is 6.15. The average molecular weight is 204 g/mol. The van der Waals surface area contributed by atoms with Gasteiger partial charge < -0.3 is 10.5 Å². The van der Waals surface area contributed by atoms with Gasteiger partial charge in [-0.05, 0) is 18.2 Å². The van der Waals surface area contributed by atoms with E-state index in [-0.39, 0.29) is 12.4 Å². The van der Waals surface area contributed by atoms with Crippen molar-refractivity contribution in [2.75, 3.05) is 13.7 Å². The predicted molar refractivity (Wildman–Crippen MR) is 50.2 cm³/mol. The Morgan fingerprint density at radius 3 is 2.92 bits per heavy atom. The maximum absolute atomic E-state index is 13.1. The molecule has 0 bridgehead atoms. The summed E-state index contributed by atoms with van der Waals surface area (Å²) in [5, 5.41) is 0.475. The number of benzene rings is 1. The second kappa shape index (κ2) is 4.56. The van der Waals surface area contributed by atoms with E-state index < -0.39 is 6.04 Å². The molecule has 2 N–H and O–H groups in total. The zero-order valence-corrected chi connectivity index (χ0v) is 8.01. The molecule has 0 spiro atoms. The van der Waals surface area contributed by atoms with Crippen LogP contribution in [0.1, 0.15) is 11.6 Å². The lowest BCUT2D eigenvalue weighted by molar-refractivity contribution is 0.179. The molecule has 0 aliphatic carbocycles. The third-order valence-electron chi connectivity index (χ3n) is 1.70. The molecule has 2 nitrogen and oxygen atoms in total. The van der Waals surface area contributed by atoms with Gasteiger partial charge in [-0.15, -0.1) is 0 Å². The monoisotopic (exact) mass is 203 g/mol. The molecule has 0 radical (unpaired) electrons. The van der Waals surface area contributed by atoms with Crippen molar-refractivity contribution in [2.45, 2.75) is 6.04 Å². The Morgan fingerprint density at radius 1 is 1.62 bits per heavy atom. The Hall–Kier alpha value is -0.640. The summed E-state index contributed by atoms with van der Waals surface area (Å²) >= 11 is 5.70. The average Bonchev–Trinajstić information content (AvgIpc) is 2.09. The van der Waals surface area contributed by atoms with Gasteiger partial charge in [0.15, 0.2) is 0 Å². The first-order valence-corrected chi connectivity index (χ1v) is 4.22. The van der Waals surface area contributed by atoms with Crippen LogP contribution in [0.3, 0.4) is 0 Å². The van der Waals surface area contributed by atoms with Crippen molar-refractivity contribution in [3.05, 3.63) is 34.6 Å². The summed E-state index contributed by atoms with van der Waals surface area (Å²) in [5.41, 5.74) is 6.04. The highest BCUT2D eigenvalue weighted by molar-refractivity contribution is 6.30. The van der Waals surface area contributed by atoms with Crippen LogP contribution in [0.2, 0.25) is 5.02 Å². The van der Waals surface area contributed by atoms with Crippen LogP contribution < -0.4 is 5.73 Å². The third-order valence-corrected chi connectivity index (χ3v) is 1.94. The molecular weight excluding hydrogens is 193 g/mol. The molecule has 4 heteroatoms. The summed E-state index contributed by atoms with van der Waals surface area (Å²) in [4.78, 5) is 0. The minimum absolute atomic E-state index is 0.275. The van der Waals surface area contributed by atoms with Crippen molar-refractivity contribution >= 4 is 11.6 Å². The van der Waals surface area contributed by atoms with E-state index in [2.05, 4.69) is 0 Å². The largest absolute Gasteiger partial charge is 0.383 e. The van der Waals surface area contributed by atoms with E-state index in [1.54, 1.807) is 0 Å². The molecule has 0 amide bonds. The summed E-state index contributed by atoms with van der Waals surface area (Å²) in [6.45, 7) is 0.275. The van der Waals surface area contributed by atoms with Crippen LogP contribution in [0.15, 0.2) is 18.2 Å². The Morgan fingerprint density at radius 2 is 2.31 bits per heavy atom. The summed E-state index contributed by atoms with van der Waals surface area (Å²) in [5.74, 6) is -0.353. The summed E-state index contributed by atoms with van der Waals surface area (Å²) < 4.78 is 18.0. The normalized spacial score (nSPS) is 12.9. The van der Waals surface area contributed by atoms with Gasteiger partial charge in [-0.1, -0.05) is 11.6 Å². The van der Waals surface area contributed by atoms with E-state index >= 15 is 0 Å². The Labute approximate surface area is 81.4 Å². The molecule has 0 aliphatic rings. The third kappa shape index (κ3) is 2.66. The van der Waals surface area contributed by atoms with Crippen molar-refractivity contribution in [3.63, 3.8) is 0 Å². The van der Waals surface area contributed by atoms with E-state index in [4.69, 9.17) is 22.1 Å². The van der Waals surface area contributed by atoms with Gasteiger partial charge >= 0.3 is 0 Å². The van der Waals surface area contributed by atoms with Crippen molar-refractivity contribution < 1.29 is 9.13 Å². The Kier molecular flexibility index (Phi) is 3.66. The smallest absolute Gasteiger partial charge is 0.128 e. The number of methoxy groups -OCH3 is 1. The number of hydrogen-bond donors (Lipinski definition) is 1. The maximum Gasteiger partial charge on any atom is 0.128 e. The SMILES string of the molecule is COCC(N)c1cc(Cl)ccc1F. The number of ether oxygens (including phenoxy) is 1. The molecule has 1 rings (SSSR count). The first kappa shape index (κ1) is 10.4. The molecule has 1 atom stereocenters. The molecule has 0 heterocycles. The van der Waals surface area contributed by atoms with Gasteiger partial charge in [0.1, 0.15) is 5.82 Å². The molecule has 0 saturated heterocycles. The van der Waals surface area contributed by atoms with Crippen LogP contribution in [-0.4, -0.2) is 13.7 Å². The fraction of sp³-hybridized carbons (Fsp3) is 0.333. The van der Waals surface area contributed by atoms with Crippen LogP contribution in [0.5, 0.6) is 0 Å². The van der Waals surface area contributed by atoms with Crippen molar-refractivity contribution in [3.8, 4) is 0 Å². The standard InChI is InChI=1S/C9H11ClFNO/c1-13-5-9(12)7-4-6(10)2-3-8(7)11/h2-4,9H,5,12H2,1H3. The number of nitrogens with two attached hydrogens (primary N) is 1. The Balaban J connectivity index is 2.91. The van der Waals surface area contributed by atoms with Gasteiger partial charge in [0.25, 0.3) is 0 Å². The quantitative estimate of drug-likeness (QED) is 0.817. The topological polar surface area (TPSA) is 35.2 Å². The van der Waals surface area contributed by atoms with Crippen LogP contribution in [0.4, 0.5) is 4.39 Å². The predicted octanol–water partition coefficient (Wildman–Crippen LogP) is 2.13. The van der Waals surface area contributed by atoms with E-state index in [9.17, 15) is 4.39 Å². The van der Waals surface area contributed by atoms with Gasteiger partial charge in [0, 0.05) is 17.7 Å². The molecule has 13 heavy (non-hydrogen) atoms. The zero-order chi connectivity index (χ0) is 9.84. The van der Waals surface area contributed by atoms with Gasteiger partial charge in [0.2, 0.25) is 0 Å². The second-order valence-electron chi connectivity index (χ2n) is 2.73. The molecule has 1 aromatic rings. The molecule has 0 aliphatic heterocycles. The molecule has 0 aromatic heterocycles. The minimum Gasteiger partial charge on any atom is -0.383 e. The fourth-order valence-corrected chi connectivity index (χ4v) is 1.25. The van der Waals surface area contributed by atoms with Crippen LogP contribution in [-0.2, 0) is 4.74 Å². The zero-order valence-electron chi connectivity index (χ0n) is 7.26. The highest BCUT2D eigenvalue weighted by Gasteiger charge is 2.11. The van der Waals surface area contributed by atoms with Crippen molar-refractivity contribution in [1.82, 2.24) is 0 Å². The molecule has 72 valence electrons. The summed E-state index contributed by atoms with van der Waals surface area (Å²) in [6.07, 6.45) is 0. The summed E-state index contributed by atoms with van der Waals surface area (Å²) in [7, 11) is 1.52. The lowest BCUT2D eigenvalue weighted by Crippen LogP contribution is -2.17. The lowest BCUT2D eigenvalue weighted by atomic mass is 10.1. The van der Waals surface area contributed by atoms with E-state index in [0.29, 0.717) is 10.6 Å². The van der Waals surface area contributed by atoms with Crippen LogP contribution >= 0.6 is 11.6 Å². The highest BCUT2D eigenvalue weighted by Crippen LogP contribution is 2.19. The Bertz CT molecular complexity index is 293. The van der Waals surface area contributed by atoms with E-state index in [1.165, 1.54) is 25.3 Å². The van der Waals surface area contributed by atoms with E-state index in [1.807, 2.05) is 0 Å². The maximum atomic E-state index is 13.1. The lowest BCUT2D eigenvalue weighted by Gasteiger charge is -2.11. The molecular formula is C9H11ClFNO. The first-order valence-electron chi connectivity index (χ1n) is 3.84. The highest BCUT2D eigenvalue weighted by atomic mass is 35.5. The van der Waals surface area contributed by atoms with Gasteiger partial charge in [-0.2, -0.15) is 0 Å². The number of rotatable bonds is 3.